The van der Waals surface area contributed by atoms with Gasteiger partial charge in [0.1, 0.15) is 5.54 Å². The van der Waals surface area contributed by atoms with Crippen molar-refractivity contribution in [2.75, 3.05) is 16.8 Å². The van der Waals surface area contributed by atoms with Crippen LogP contribution in [-0.4, -0.2) is 35.2 Å². The summed E-state index contributed by atoms with van der Waals surface area (Å²) >= 11 is 12.5. The summed E-state index contributed by atoms with van der Waals surface area (Å²) in [6.45, 7) is 2.50. The van der Waals surface area contributed by atoms with E-state index in [1.54, 1.807) is 36.4 Å². The number of benzene rings is 2. The summed E-state index contributed by atoms with van der Waals surface area (Å²) in [7, 11) is 0. The molecule has 6 rings (SSSR count). The number of aryl methyl sites for hydroxylation is 1. The molecule has 1 spiro atoms. The Morgan fingerprint density at radius 2 is 1.77 bits per heavy atom. The van der Waals surface area contributed by atoms with Gasteiger partial charge in [-0.1, -0.05) is 29.3 Å². The molecule has 3 fully saturated rings. The van der Waals surface area contributed by atoms with Crippen molar-refractivity contribution >= 4 is 52.3 Å². The summed E-state index contributed by atoms with van der Waals surface area (Å²) in [5.74, 6) is -2.24. The van der Waals surface area contributed by atoms with Crippen molar-refractivity contribution in [1.29, 1.82) is 0 Å². The first-order valence-electron chi connectivity index (χ1n) is 10.4. The highest BCUT2D eigenvalue weighted by Crippen LogP contribution is 2.61. The zero-order valence-electron chi connectivity index (χ0n) is 16.7. The number of anilines is 2. The van der Waals surface area contributed by atoms with E-state index in [1.807, 2.05) is 6.92 Å². The molecule has 158 valence electrons. The Bertz CT molecular complexity index is 1200. The molecule has 8 heteroatoms. The van der Waals surface area contributed by atoms with Gasteiger partial charge in [0, 0.05) is 27.3 Å². The zero-order valence-corrected chi connectivity index (χ0v) is 18.2. The second-order valence-electron chi connectivity index (χ2n) is 8.76. The Balaban J connectivity index is 1.58. The largest absolute Gasteiger partial charge is 0.324 e. The van der Waals surface area contributed by atoms with Crippen LogP contribution >= 0.6 is 23.2 Å². The van der Waals surface area contributed by atoms with E-state index in [-0.39, 0.29) is 23.8 Å². The van der Waals surface area contributed by atoms with Crippen LogP contribution in [0.3, 0.4) is 0 Å². The molecule has 6 nitrogen and oxygen atoms in total. The Morgan fingerprint density at radius 3 is 2.58 bits per heavy atom. The van der Waals surface area contributed by atoms with Crippen LogP contribution in [0.1, 0.15) is 24.0 Å². The van der Waals surface area contributed by atoms with E-state index in [4.69, 9.17) is 23.2 Å². The first-order chi connectivity index (χ1) is 14.9. The van der Waals surface area contributed by atoms with Crippen molar-refractivity contribution in [1.82, 2.24) is 4.90 Å². The lowest BCUT2D eigenvalue weighted by atomic mass is 9.75. The number of carbonyl (C=O) groups is 3. The highest BCUT2D eigenvalue weighted by Gasteiger charge is 2.74. The number of halogens is 2. The van der Waals surface area contributed by atoms with Crippen molar-refractivity contribution in [2.24, 2.45) is 11.8 Å². The van der Waals surface area contributed by atoms with Crippen LogP contribution in [0.5, 0.6) is 0 Å². The first-order valence-corrected chi connectivity index (χ1v) is 11.1. The monoisotopic (exact) mass is 455 g/mol. The van der Waals surface area contributed by atoms with E-state index in [0.29, 0.717) is 33.5 Å². The molecule has 0 aromatic heterocycles. The second kappa shape index (κ2) is 6.31. The second-order valence-corrected chi connectivity index (χ2v) is 9.63. The number of hydrogen-bond donors (Lipinski definition) is 1. The van der Waals surface area contributed by atoms with E-state index in [0.717, 1.165) is 18.4 Å². The number of nitrogens with zero attached hydrogens (tertiary/aromatic N) is 2. The zero-order chi connectivity index (χ0) is 21.7. The minimum absolute atomic E-state index is 0.165. The predicted octanol–water partition coefficient (Wildman–Crippen LogP) is 3.73. The Morgan fingerprint density at radius 1 is 1.03 bits per heavy atom. The molecule has 1 N–H and O–H groups in total. The maximum Gasteiger partial charge on any atom is 0.250 e. The maximum absolute atomic E-state index is 13.9. The minimum atomic E-state index is -1.22. The van der Waals surface area contributed by atoms with Crippen LogP contribution in [0.25, 0.3) is 0 Å². The topological polar surface area (TPSA) is 69.7 Å². The molecule has 0 unspecified atom stereocenters. The van der Waals surface area contributed by atoms with Crippen molar-refractivity contribution in [3.05, 3.63) is 57.6 Å². The quantitative estimate of drug-likeness (QED) is 0.665. The number of nitrogens with one attached hydrogen (secondary N) is 1. The van der Waals surface area contributed by atoms with Gasteiger partial charge in [-0.3, -0.25) is 19.3 Å². The highest BCUT2D eigenvalue weighted by molar-refractivity contribution is 6.32. The SMILES string of the molecule is Cc1ccc(Cl)cc1N1C(=O)[C@@H]2[C@@H]3CCCN3[C@@]3(C(=O)Nc4ccc(Cl)cc43)[C@H]2C1=O. The van der Waals surface area contributed by atoms with Crippen molar-refractivity contribution in [3.63, 3.8) is 0 Å². The van der Waals surface area contributed by atoms with Crippen LogP contribution in [0, 0.1) is 18.8 Å². The average Bonchev–Trinajstić information content (AvgIpc) is 3.43. The molecule has 4 aliphatic heterocycles. The van der Waals surface area contributed by atoms with Gasteiger partial charge >= 0.3 is 0 Å². The molecule has 31 heavy (non-hydrogen) atoms. The van der Waals surface area contributed by atoms with E-state index >= 15 is 0 Å². The minimum Gasteiger partial charge on any atom is -0.324 e. The van der Waals surface area contributed by atoms with Crippen molar-refractivity contribution < 1.29 is 14.4 Å². The van der Waals surface area contributed by atoms with Gasteiger partial charge in [0.05, 0.1) is 17.5 Å². The van der Waals surface area contributed by atoms with Gasteiger partial charge in [-0.2, -0.15) is 0 Å². The molecule has 4 aliphatic rings. The Labute approximate surface area is 189 Å². The third-order valence-electron chi connectivity index (χ3n) is 7.37. The van der Waals surface area contributed by atoms with Gasteiger partial charge < -0.3 is 5.32 Å². The molecule has 3 saturated heterocycles. The van der Waals surface area contributed by atoms with Gasteiger partial charge in [-0.05, 0) is 62.2 Å². The van der Waals surface area contributed by atoms with E-state index in [1.165, 1.54) is 4.90 Å². The molecular formula is C23H19Cl2N3O3. The number of fused-ring (bicyclic) bond motifs is 7. The van der Waals surface area contributed by atoms with E-state index in [2.05, 4.69) is 10.2 Å². The number of hydrogen-bond acceptors (Lipinski definition) is 4. The van der Waals surface area contributed by atoms with Crippen LogP contribution in [0.15, 0.2) is 36.4 Å². The van der Waals surface area contributed by atoms with Crippen molar-refractivity contribution in [3.8, 4) is 0 Å². The third-order valence-corrected chi connectivity index (χ3v) is 7.84. The first kappa shape index (κ1) is 19.3. The number of rotatable bonds is 1. The smallest absolute Gasteiger partial charge is 0.250 e. The molecule has 2 aromatic carbocycles. The molecule has 0 radical (unpaired) electrons. The molecular weight excluding hydrogens is 437 g/mol. The molecule has 0 saturated carbocycles. The van der Waals surface area contributed by atoms with E-state index < -0.39 is 17.4 Å². The molecule has 4 heterocycles. The van der Waals surface area contributed by atoms with Gasteiger partial charge in [0.2, 0.25) is 17.7 Å². The number of amides is 3. The fraction of sp³-hybridized carbons (Fsp3) is 0.348. The Hall–Kier alpha value is -2.41. The van der Waals surface area contributed by atoms with Gasteiger partial charge in [0.15, 0.2) is 0 Å². The Kier molecular flexibility index (Phi) is 3.93. The molecule has 0 bridgehead atoms. The van der Waals surface area contributed by atoms with Crippen molar-refractivity contribution in [2.45, 2.75) is 31.3 Å². The van der Waals surface area contributed by atoms with Gasteiger partial charge in [0.25, 0.3) is 0 Å². The normalized spacial score (nSPS) is 31.4. The lowest BCUT2D eigenvalue weighted by molar-refractivity contribution is -0.135. The van der Waals surface area contributed by atoms with Crippen LogP contribution in [0.4, 0.5) is 11.4 Å². The molecule has 3 amide bonds. The molecule has 2 aromatic rings. The van der Waals surface area contributed by atoms with Gasteiger partial charge in [-0.25, -0.2) is 4.90 Å². The fourth-order valence-electron chi connectivity index (χ4n) is 6.24. The summed E-state index contributed by atoms with van der Waals surface area (Å²) in [6.07, 6.45) is 1.64. The summed E-state index contributed by atoms with van der Waals surface area (Å²) in [5, 5.41) is 3.89. The van der Waals surface area contributed by atoms with Crippen LogP contribution in [0.2, 0.25) is 10.0 Å². The maximum atomic E-state index is 13.9. The standard InChI is InChI=1S/C23H19Cl2N3O3/c1-11-4-5-13(25)10-17(11)28-20(29)18-16-3-2-8-27(16)23(19(18)21(28)30)14-9-12(24)6-7-15(14)26-22(23)31/h4-7,9-10,16,18-19H,2-3,8H2,1H3,(H,26,31)/t16-,18+,19+,23+/m0/s1. The summed E-state index contributed by atoms with van der Waals surface area (Å²) in [5.41, 5.74) is 1.39. The highest BCUT2D eigenvalue weighted by atomic mass is 35.5. The summed E-state index contributed by atoms with van der Waals surface area (Å²) in [6, 6.07) is 10.3. The average molecular weight is 456 g/mol. The van der Waals surface area contributed by atoms with E-state index in [9.17, 15) is 14.4 Å². The fourth-order valence-corrected chi connectivity index (χ4v) is 6.57. The number of carbonyl (C=O) groups excluding carboxylic acids is 3. The van der Waals surface area contributed by atoms with Crippen LogP contribution in [-0.2, 0) is 19.9 Å². The summed E-state index contributed by atoms with van der Waals surface area (Å²) in [4.78, 5) is 44.5. The predicted molar refractivity (Wildman–Crippen MR) is 117 cm³/mol. The number of imide groups is 1. The van der Waals surface area contributed by atoms with Crippen LogP contribution < -0.4 is 10.2 Å². The third kappa shape index (κ3) is 2.25. The molecule has 0 aliphatic carbocycles. The lowest BCUT2D eigenvalue weighted by Gasteiger charge is -2.36. The molecule has 4 atom stereocenters. The lowest BCUT2D eigenvalue weighted by Crippen LogP contribution is -2.54. The summed E-state index contributed by atoms with van der Waals surface area (Å²) < 4.78 is 0. The van der Waals surface area contributed by atoms with Gasteiger partial charge in [-0.15, -0.1) is 0 Å².